The van der Waals surface area contributed by atoms with Crippen molar-refractivity contribution in [2.75, 3.05) is 18.6 Å². The summed E-state index contributed by atoms with van der Waals surface area (Å²) in [5.41, 5.74) is 0.536. The molecule has 2 unspecified atom stereocenters. The Kier molecular flexibility index (Phi) is 3.53. The van der Waals surface area contributed by atoms with Gasteiger partial charge in [-0.3, -0.25) is 14.5 Å². The maximum absolute atomic E-state index is 12.7. The topological polar surface area (TPSA) is 49.9 Å². The zero-order valence-electron chi connectivity index (χ0n) is 12.0. The highest BCUT2D eigenvalue weighted by Gasteiger charge is 2.46. The van der Waals surface area contributed by atoms with Crippen LogP contribution in [0.3, 0.4) is 0 Å². The van der Waals surface area contributed by atoms with Crippen LogP contribution < -0.4 is 9.64 Å². The van der Waals surface area contributed by atoms with E-state index in [-0.39, 0.29) is 17.9 Å². The maximum atomic E-state index is 12.7. The Hall–Kier alpha value is -1.75. The fourth-order valence-electron chi connectivity index (χ4n) is 3.12. The summed E-state index contributed by atoms with van der Waals surface area (Å²) in [6.45, 7) is 2.41. The number of carbonyl (C=O) groups is 2. The van der Waals surface area contributed by atoms with E-state index in [2.05, 4.69) is 0 Å². The van der Waals surface area contributed by atoms with Crippen molar-refractivity contribution in [3.8, 4) is 5.75 Å². The third-order valence-corrected chi connectivity index (χ3v) is 4.54. The van der Waals surface area contributed by atoms with Gasteiger partial charge in [-0.15, -0.1) is 0 Å². The van der Waals surface area contributed by atoms with E-state index in [0.717, 1.165) is 12.8 Å². The van der Waals surface area contributed by atoms with Gasteiger partial charge in [-0.05, 0) is 31.9 Å². The molecule has 0 bridgehead atoms. The summed E-state index contributed by atoms with van der Waals surface area (Å²) in [6, 6.07) is 4.22. The molecule has 0 radical (unpaired) electrons. The molecule has 0 N–H and O–H groups in total. The number of piperazine rings is 1. The number of halogens is 1. The van der Waals surface area contributed by atoms with E-state index in [1.807, 2.05) is 0 Å². The predicted molar refractivity (Wildman–Crippen MR) is 79.7 cm³/mol. The average Bonchev–Trinajstić information content (AvgIpc) is 2.97. The van der Waals surface area contributed by atoms with Crippen molar-refractivity contribution in [1.82, 2.24) is 4.90 Å². The van der Waals surface area contributed by atoms with E-state index in [1.54, 1.807) is 37.1 Å². The smallest absolute Gasteiger partial charge is 0.250 e. The third-order valence-electron chi connectivity index (χ3n) is 4.22. The summed E-state index contributed by atoms with van der Waals surface area (Å²) in [5, 5.41) is 0.440. The van der Waals surface area contributed by atoms with Crippen LogP contribution in [0.2, 0.25) is 5.02 Å². The van der Waals surface area contributed by atoms with Crippen molar-refractivity contribution in [2.45, 2.75) is 31.8 Å². The Morgan fingerprint density at radius 1 is 1.29 bits per heavy atom. The van der Waals surface area contributed by atoms with Crippen LogP contribution >= 0.6 is 11.6 Å². The van der Waals surface area contributed by atoms with Gasteiger partial charge in [0.15, 0.2) is 0 Å². The van der Waals surface area contributed by atoms with Gasteiger partial charge < -0.3 is 9.64 Å². The highest BCUT2D eigenvalue weighted by Crippen LogP contribution is 2.36. The number of benzene rings is 1. The number of anilines is 1. The minimum atomic E-state index is -0.545. The van der Waals surface area contributed by atoms with E-state index < -0.39 is 6.04 Å². The van der Waals surface area contributed by atoms with Gasteiger partial charge in [0.2, 0.25) is 5.91 Å². The lowest BCUT2D eigenvalue weighted by atomic mass is 10.0. The first-order chi connectivity index (χ1) is 10.0. The lowest BCUT2D eigenvalue weighted by Crippen LogP contribution is -2.62. The zero-order valence-corrected chi connectivity index (χ0v) is 12.8. The monoisotopic (exact) mass is 308 g/mol. The molecule has 1 aromatic rings. The molecule has 5 nitrogen and oxygen atoms in total. The summed E-state index contributed by atoms with van der Waals surface area (Å²) in [5.74, 6) is 0.529. The number of hydrogen-bond donors (Lipinski definition) is 0. The first-order valence-electron chi connectivity index (χ1n) is 7.01. The quantitative estimate of drug-likeness (QED) is 0.840. The molecule has 2 fully saturated rings. The van der Waals surface area contributed by atoms with Crippen LogP contribution in [0.5, 0.6) is 5.75 Å². The maximum Gasteiger partial charge on any atom is 0.250 e. The van der Waals surface area contributed by atoms with Crippen molar-refractivity contribution in [1.29, 1.82) is 0 Å². The van der Waals surface area contributed by atoms with Crippen molar-refractivity contribution in [3.05, 3.63) is 23.2 Å². The van der Waals surface area contributed by atoms with E-state index in [1.165, 1.54) is 4.90 Å². The second-order valence-corrected chi connectivity index (χ2v) is 5.80. The minimum absolute atomic E-state index is 0.0176. The summed E-state index contributed by atoms with van der Waals surface area (Å²) >= 11 is 6.23. The molecule has 2 aliphatic rings. The van der Waals surface area contributed by atoms with Crippen molar-refractivity contribution >= 4 is 29.1 Å². The average molecular weight is 309 g/mol. The van der Waals surface area contributed by atoms with Crippen molar-refractivity contribution < 1.29 is 14.3 Å². The fourth-order valence-corrected chi connectivity index (χ4v) is 3.33. The molecule has 3 rings (SSSR count). The van der Waals surface area contributed by atoms with Crippen LogP contribution in [-0.2, 0) is 9.59 Å². The number of amides is 2. The number of ether oxygens (including phenoxy) is 1. The molecular formula is C15H17ClN2O3. The van der Waals surface area contributed by atoms with Crippen molar-refractivity contribution in [2.24, 2.45) is 0 Å². The van der Waals surface area contributed by atoms with Crippen molar-refractivity contribution in [3.63, 3.8) is 0 Å². The van der Waals surface area contributed by atoms with Gasteiger partial charge in [-0.2, -0.15) is 0 Å². The molecule has 2 heterocycles. The standard InChI is InChI=1S/C15H17ClN2O3/c1-9-14(19)17-7-3-4-12(17)15(20)18(9)13-8-10(21-2)5-6-11(13)16/h5-6,8-9,12H,3-4,7H2,1-2H3. The summed E-state index contributed by atoms with van der Waals surface area (Å²) in [6.07, 6.45) is 1.59. The van der Waals surface area contributed by atoms with E-state index in [0.29, 0.717) is 23.0 Å². The van der Waals surface area contributed by atoms with Gasteiger partial charge >= 0.3 is 0 Å². The first kappa shape index (κ1) is 14.2. The number of rotatable bonds is 2. The molecule has 2 atom stereocenters. The molecule has 2 aliphatic heterocycles. The van der Waals surface area contributed by atoms with Gasteiger partial charge in [0.05, 0.1) is 17.8 Å². The third kappa shape index (κ3) is 2.16. The molecule has 2 saturated heterocycles. The molecule has 0 saturated carbocycles. The van der Waals surface area contributed by atoms with Crippen LogP contribution in [0.4, 0.5) is 5.69 Å². The lowest BCUT2D eigenvalue weighted by molar-refractivity contribution is -0.143. The fraction of sp³-hybridized carbons (Fsp3) is 0.467. The Labute approximate surface area is 128 Å². The SMILES string of the molecule is COc1ccc(Cl)c(N2C(=O)C3CCCN3C(=O)C2C)c1. The van der Waals surface area contributed by atoms with E-state index in [4.69, 9.17) is 16.3 Å². The normalized spacial score (nSPS) is 25.3. The zero-order chi connectivity index (χ0) is 15.1. The molecule has 21 heavy (non-hydrogen) atoms. The van der Waals surface area contributed by atoms with Crippen LogP contribution in [0, 0.1) is 0 Å². The Morgan fingerprint density at radius 3 is 2.76 bits per heavy atom. The molecule has 0 aromatic heterocycles. The summed E-state index contributed by atoms with van der Waals surface area (Å²) < 4.78 is 5.19. The molecule has 0 aliphatic carbocycles. The number of fused-ring (bicyclic) bond motifs is 1. The van der Waals surface area contributed by atoms with Gasteiger partial charge in [-0.1, -0.05) is 11.6 Å². The number of methoxy groups -OCH3 is 1. The van der Waals surface area contributed by atoms with Crippen LogP contribution in [0.25, 0.3) is 0 Å². The number of nitrogens with zero attached hydrogens (tertiary/aromatic N) is 2. The molecule has 112 valence electrons. The highest BCUT2D eigenvalue weighted by molar-refractivity contribution is 6.34. The second-order valence-electron chi connectivity index (χ2n) is 5.39. The van der Waals surface area contributed by atoms with Gasteiger partial charge in [-0.25, -0.2) is 0 Å². The van der Waals surface area contributed by atoms with Crippen LogP contribution in [0.15, 0.2) is 18.2 Å². The molecule has 0 spiro atoms. The summed E-state index contributed by atoms with van der Waals surface area (Å²) in [4.78, 5) is 28.4. The second kappa shape index (κ2) is 5.22. The van der Waals surface area contributed by atoms with E-state index in [9.17, 15) is 9.59 Å². The Morgan fingerprint density at radius 2 is 2.05 bits per heavy atom. The van der Waals surface area contributed by atoms with Gasteiger partial charge in [0, 0.05) is 12.6 Å². The number of carbonyl (C=O) groups excluding carboxylic acids is 2. The molecule has 2 amide bonds. The Balaban J connectivity index is 2.04. The van der Waals surface area contributed by atoms with E-state index >= 15 is 0 Å². The summed E-state index contributed by atoms with van der Waals surface area (Å²) in [7, 11) is 1.55. The number of hydrogen-bond acceptors (Lipinski definition) is 3. The van der Waals surface area contributed by atoms with Crippen LogP contribution in [0.1, 0.15) is 19.8 Å². The molecule has 1 aromatic carbocycles. The molecular weight excluding hydrogens is 292 g/mol. The minimum Gasteiger partial charge on any atom is -0.497 e. The largest absolute Gasteiger partial charge is 0.497 e. The first-order valence-corrected chi connectivity index (χ1v) is 7.39. The highest BCUT2D eigenvalue weighted by atomic mass is 35.5. The lowest BCUT2D eigenvalue weighted by Gasteiger charge is -2.41. The molecule has 6 heteroatoms. The predicted octanol–water partition coefficient (Wildman–Crippen LogP) is 2.07. The Bertz CT molecular complexity index is 605. The van der Waals surface area contributed by atoms with Gasteiger partial charge in [0.25, 0.3) is 5.91 Å². The van der Waals surface area contributed by atoms with Gasteiger partial charge in [0.1, 0.15) is 17.8 Å². The van der Waals surface area contributed by atoms with Crippen LogP contribution in [-0.4, -0.2) is 42.5 Å².